The number of hydrogen-bond donors (Lipinski definition) is 2. The van der Waals surface area contributed by atoms with Gasteiger partial charge in [-0.15, -0.1) is 0 Å². The first-order chi connectivity index (χ1) is 10.1. The van der Waals surface area contributed by atoms with Gasteiger partial charge in [0.2, 0.25) is 0 Å². The number of rotatable bonds is 12. The van der Waals surface area contributed by atoms with Crippen LogP contribution in [-0.2, 0) is 4.74 Å². The molecule has 0 fully saturated rings. The molecule has 2 N–H and O–H groups in total. The second-order valence-electron chi connectivity index (χ2n) is 5.87. The van der Waals surface area contributed by atoms with Gasteiger partial charge < -0.3 is 20.3 Å². The van der Waals surface area contributed by atoms with Gasteiger partial charge >= 0.3 is 0 Å². The number of guanidine groups is 1. The molecule has 0 bridgehead atoms. The van der Waals surface area contributed by atoms with Crippen molar-refractivity contribution in [2.24, 2.45) is 10.9 Å². The van der Waals surface area contributed by atoms with Crippen molar-refractivity contribution in [1.29, 1.82) is 0 Å². The molecule has 0 saturated heterocycles. The van der Waals surface area contributed by atoms with E-state index >= 15 is 0 Å². The van der Waals surface area contributed by atoms with Crippen molar-refractivity contribution in [2.45, 2.75) is 40.0 Å². The van der Waals surface area contributed by atoms with Gasteiger partial charge in [-0.05, 0) is 26.3 Å². The number of unbranched alkanes of at least 4 members (excludes halogenated alkanes) is 1. The molecule has 0 aromatic rings. The van der Waals surface area contributed by atoms with E-state index in [0.29, 0.717) is 0 Å². The van der Waals surface area contributed by atoms with Crippen molar-refractivity contribution in [2.75, 3.05) is 53.5 Å². The maximum Gasteiger partial charge on any atom is 0.191 e. The van der Waals surface area contributed by atoms with Crippen molar-refractivity contribution in [3.8, 4) is 0 Å². The zero-order chi connectivity index (χ0) is 15.9. The zero-order valence-corrected chi connectivity index (χ0v) is 14.7. The summed E-state index contributed by atoms with van der Waals surface area (Å²) in [6, 6.07) is 0. The molecule has 0 spiro atoms. The summed E-state index contributed by atoms with van der Waals surface area (Å²) >= 11 is 0. The summed E-state index contributed by atoms with van der Waals surface area (Å²) in [4.78, 5) is 6.87. The lowest BCUT2D eigenvalue weighted by Gasteiger charge is -2.17. The molecule has 0 amide bonds. The van der Waals surface area contributed by atoms with Crippen molar-refractivity contribution < 1.29 is 4.74 Å². The summed E-state index contributed by atoms with van der Waals surface area (Å²) in [5.41, 5.74) is 0. The predicted octanol–water partition coefficient (Wildman–Crippen LogP) is 1.95. The molecule has 126 valence electrons. The molecular formula is C16H36N4O. The van der Waals surface area contributed by atoms with E-state index in [0.717, 1.165) is 51.2 Å². The van der Waals surface area contributed by atoms with Gasteiger partial charge in [0.25, 0.3) is 0 Å². The minimum absolute atomic E-state index is 0.778. The number of methoxy groups -OCH3 is 1. The monoisotopic (exact) mass is 300 g/mol. The van der Waals surface area contributed by atoms with Gasteiger partial charge in [0.05, 0.1) is 6.61 Å². The normalized spacial score (nSPS) is 12.2. The SMILES string of the molecule is CCNC(=NCCCCC(C)C)NCCN(C)CCOC. The van der Waals surface area contributed by atoms with Gasteiger partial charge in [-0.2, -0.15) is 0 Å². The fraction of sp³-hybridized carbons (Fsp3) is 0.938. The largest absolute Gasteiger partial charge is 0.383 e. The molecule has 0 aromatic carbocycles. The maximum atomic E-state index is 5.07. The van der Waals surface area contributed by atoms with Crippen molar-refractivity contribution in [3.63, 3.8) is 0 Å². The van der Waals surface area contributed by atoms with E-state index < -0.39 is 0 Å². The highest BCUT2D eigenvalue weighted by Crippen LogP contribution is 2.05. The first-order valence-corrected chi connectivity index (χ1v) is 8.29. The summed E-state index contributed by atoms with van der Waals surface area (Å²) in [7, 11) is 3.85. The lowest BCUT2D eigenvalue weighted by Crippen LogP contribution is -2.41. The first-order valence-electron chi connectivity index (χ1n) is 8.29. The number of nitrogens with one attached hydrogen (secondary N) is 2. The van der Waals surface area contributed by atoms with E-state index in [1.807, 2.05) is 0 Å². The molecule has 0 aromatic heterocycles. The number of ether oxygens (including phenoxy) is 1. The molecule has 0 rings (SSSR count). The molecule has 0 aliphatic heterocycles. The van der Waals surface area contributed by atoms with E-state index in [-0.39, 0.29) is 0 Å². The van der Waals surface area contributed by atoms with E-state index in [1.165, 1.54) is 19.3 Å². The molecule has 0 aliphatic rings. The Hall–Kier alpha value is -0.810. The van der Waals surface area contributed by atoms with Crippen LogP contribution in [0, 0.1) is 5.92 Å². The Morgan fingerprint density at radius 2 is 1.95 bits per heavy atom. The average molecular weight is 300 g/mol. The number of hydrogen-bond acceptors (Lipinski definition) is 3. The third-order valence-corrected chi connectivity index (χ3v) is 3.27. The Bertz CT molecular complexity index is 257. The minimum Gasteiger partial charge on any atom is -0.383 e. The fourth-order valence-electron chi connectivity index (χ4n) is 1.92. The van der Waals surface area contributed by atoms with Gasteiger partial charge in [0, 0.05) is 39.8 Å². The molecule has 0 atom stereocenters. The third kappa shape index (κ3) is 13.9. The van der Waals surface area contributed by atoms with Crippen LogP contribution in [0.25, 0.3) is 0 Å². The quantitative estimate of drug-likeness (QED) is 0.328. The smallest absolute Gasteiger partial charge is 0.191 e. The van der Waals surface area contributed by atoms with E-state index in [4.69, 9.17) is 4.74 Å². The van der Waals surface area contributed by atoms with Crippen LogP contribution in [0.15, 0.2) is 4.99 Å². The van der Waals surface area contributed by atoms with Crippen molar-refractivity contribution in [1.82, 2.24) is 15.5 Å². The summed E-state index contributed by atoms with van der Waals surface area (Å²) in [6.07, 6.45) is 3.73. The first kappa shape index (κ1) is 20.2. The second-order valence-corrected chi connectivity index (χ2v) is 5.87. The molecular weight excluding hydrogens is 264 g/mol. The number of nitrogens with zero attached hydrogens (tertiary/aromatic N) is 2. The molecule has 0 heterocycles. The molecule has 0 radical (unpaired) electrons. The molecule has 0 unspecified atom stereocenters. The lowest BCUT2D eigenvalue weighted by molar-refractivity contribution is 0.162. The van der Waals surface area contributed by atoms with Crippen molar-refractivity contribution in [3.05, 3.63) is 0 Å². The topological polar surface area (TPSA) is 48.9 Å². The lowest BCUT2D eigenvalue weighted by atomic mass is 10.1. The Labute approximate surface area is 131 Å². The van der Waals surface area contributed by atoms with Crippen LogP contribution in [0.1, 0.15) is 40.0 Å². The molecule has 5 nitrogen and oxygen atoms in total. The zero-order valence-electron chi connectivity index (χ0n) is 14.7. The van der Waals surface area contributed by atoms with Gasteiger partial charge in [-0.25, -0.2) is 0 Å². The van der Waals surface area contributed by atoms with Gasteiger partial charge in [-0.1, -0.05) is 26.7 Å². The fourth-order valence-corrected chi connectivity index (χ4v) is 1.92. The van der Waals surface area contributed by atoms with Gasteiger partial charge in [0.1, 0.15) is 0 Å². The summed E-state index contributed by atoms with van der Waals surface area (Å²) < 4.78 is 5.07. The highest BCUT2D eigenvalue weighted by Gasteiger charge is 2.00. The Kier molecular flexibility index (Phi) is 13.6. The average Bonchev–Trinajstić information content (AvgIpc) is 2.44. The number of likely N-dealkylation sites (N-methyl/N-ethyl adjacent to an activating group) is 1. The van der Waals surface area contributed by atoms with Crippen LogP contribution in [0.5, 0.6) is 0 Å². The predicted molar refractivity (Wildman–Crippen MR) is 92.0 cm³/mol. The molecule has 0 aliphatic carbocycles. The number of aliphatic imine (C=N–C) groups is 1. The van der Waals surface area contributed by atoms with Crippen LogP contribution in [0.2, 0.25) is 0 Å². The Morgan fingerprint density at radius 1 is 1.19 bits per heavy atom. The Morgan fingerprint density at radius 3 is 2.57 bits per heavy atom. The molecule has 5 heteroatoms. The molecule has 21 heavy (non-hydrogen) atoms. The van der Waals surface area contributed by atoms with E-state index in [9.17, 15) is 0 Å². The van der Waals surface area contributed by atoms with Crippen LogP contribution < -0.4 is 10.6 Å². The molecule has 0 saturated carbocycles. The second kappa shape index (κ2) is 14.1. The van der Waals surface area contributed by atoms with Gasteiger partial charge in [-0.3, -0.25) is 4.99 Å². The van der Waals surface area contributed by atoms with Crippen molar-refractivity contribution >= 4 is 5.96 Å². The van der Waals surface area contributed by atoms with Gasteiger partial charge in [0.15, 0.2) is 5.96 Å². The summed E-state index contributed by atoms with van der Waals surface area (Å²) in [5.74, 6) is 1.73. The summed E-state index contributed by atoms with van der Waals surface area (Å²) in [6.45, 7) is 12.1. The van der Waals surface area contributed by atoms with Crippen LogP contribution in [0.4, 0.5) is 0 Å². The van der Waals surface area contributed by atoms with E-state index in [1.54, 1.807) is 7.11 Å². The van der Waals surface area contributed by atoms with Crippen LogP contribution in [-0.4, -0.2) is 64.3 Å². The standard InChI is InChI=1S/C16H36N4O/c1-6-17-16(18-10-8-7-9-15(2)3)19-11-12-20(4)13-14-21-5/h15H,6-14H2,1-5H3,(H2,17,18,19). The summed E-state index contributed by atoms with van der Waals surface area (Å²) in [5, 5.41) is 6.68. The maximum absolute atomic E-state index is 5.07. The van der Waals surface area contributed by atoms with E-state index in [2.05, 4.69) is 48.3 Å². The minimum atomic E-state index is 0.778. The third-order valence-electron chi connectivity index (χ3n) is 3.27. The van der Waals surface area contributed by atoms with Crippen LogP contribution >= 0.6 is 0 Å². The Balaban J connectivity index is 3.84. The highest BCUT2D eigenvalue weighted by atomic mass is 16.5. The van der Waals surface area contributed by atoms with Crippen LogP contribution in [0.3, 0.4) is 0 Å². The highest BCUT2D eigenvalue weighted by molar-refractivity contribution is 5.79.